The highest BCUT2D eigenvalue weighted by Crippen LogP contribution is 2.32. The molecule has 5 nitrogen and oxygen atoms in total. The Balaban J connectivity index is 1.64. The van der Waals surface area contributed by atoms with Crippen molar-refractivity contribution in [3.05, 3.63) is 64.6 Å². The Hall–Kier alpha value is -2.31. The normalized spacial score (nSPS) is 13.6. The lowest BCUT2D eigenvalue weighted by Gasteiger charge is -2.04. The number of rotatable bonds is 5. The van der Waals surface area contributed by atoms with Crippen molar-refractivity contribution in [2.75, 3.05) is 6.79 Å². The van der Waals surface area contributed by atoms with E-state index < -0.39 is 10.0 Å². The van der Waals surface area contributed by atoms with Crippen molar-refractivity contribution in [2.45, 2.75) is 13.5 Å². The molecule has 2 aromatic rings. The van der Waals surface area contributed by atoms with Gasteiger partial charge in [-0.25, -0.2) is 13.1 Å². The largest absolute Gasteiger partial charge is 0.454 e. The summed E-state index contributed by atoms with van der Waals surface area (Å²) in [4.78, 5) is 0. The molecule has 0 atom stereocenters. The molecule has 0 saturated carbocycles. The summed E-state index contributed by atoms with van der Waals surface area (Å²) in [5.41, 5.74) is 2.78. The molecule has 3 rings (SSSR count). The average Bonchev–Trinajstić information content (AvgIpc) is 3.00. The number of ether oxygens (including phenoxy) is 2. The first-order chi connectivity index (χ1) is 11.0. The van der Waals surface area contributed by atoms with E-state index in [0.717, 1.165) is 22.1 Å². The van der Waals surface area contributed by atoms with Crippen LogP contribution < -0.4 is 14.2 Å². The Labute approximate surface area is 135 Å². The lowest BCUT2D eigenvalue weighted by Crippen LogP contribution is -2.20. The Kier molecular flexibility index (Phi) is 4.36. The van der Waals surface area contributed by atoms with Gasteiger partial charge in [0.15, 0.2) is 11.5 Å². The van der Waals surface area contributed by atoms with E-state index in [-0.39, 0.29) is 13.3 Å². The fraction of sp³-hybridized carbons (Fsp3) is 0.176. The summed E-state index contributed by atoms with van der Waals surface area (Å²) in [5, 5.41) is 1.15. The Morgan fingerprint density at radius 2 is 1.83 bits per heavy atom. The van der Waals surface area contributed by atoms with Gasteiger partial charge in [-0.05, 0) is 36.3 Å². The quantitative estimate of drug-likeness (QED) is 0.915. The minimum Gasteiger partial charge on any atom is -0.454 e. The van der Waals surface area contributed by atoms with Crippen LogP contribution in [0.3, 0.4) is 0 Å². The first-order valence-corrected chi connectivity index (χ1v) is 8.69. The number of nitrogens with one attached hydrogen (secondary N) is 1. The molecule has 1 aliphatic heterocycles. The van der Waals surface area contributed by atoms with Gasteiger partial charge in [-0.15, -0.1) is 0 Å². The maximum atomic E-state index is 12.0. The molecule has 23 heavy (non-hydrogen) atoms. The third kappa shape index (κ3) is 4.12. The summed E-state index contributed by atoms with van der Waals surface area (Å²) in [5.74, 6) is 1.29. The molecule has 0 aliphatic carbocycles. The molecule has 0 amide bonds. The van der Waals surface area contributed by atoms with Crippen LogP contribution in [0.1, 0.15) is 16.7 Å². The molecule has 1 N–H and O–H groups in total. The highest BCUT2D eigenvalue weighted by molar-refractivity contribution is 7.92. The topological polar surface area (TPSA) is 64.6 Å². The van der Waals surface area contributed by atoms with Gasteiger partial charge in [0.25, 0.3) is 0 Å². The standard InChI is InChI=1S/C17H17NO4S/c1-13-2-4-15(5-3-13)11-18-23(19,20)9-8-14-6-7-16-17(10-14)22-12-21-16/h2-10,18H,11-12H2,1H3. The molecule has 1 heterocycles. The smallest absolute Gasteiger partial charge is 0.234 e. The van der Waals surface area contributed by atoms with Crippen molar-refractivity contribution >= 4 is 16.1 Å². The lowest BCUT2D eigenvalue weighted by atomic mass is 10.2. The Morgan fingerprint density at radius 3 is 2.61 bits per heavy atom. The van der Waals surface area contributed by atoms with Crippen LogP contribution in [0.25, 0.3) is 6.08 Å². The zero-order chi connectivity index (χ0) is 16.3. The Bertz CT molecular complexity index is 826. The van der Waals surface area contributed by atoms with Crippen molar-refractivity contribution in [3.8, 4) is 11.5 Å². The SMILES string of the molecule is Cc1ccc(CNS(=O)(=O)C=Cc2ccc3c(c2)OCO3)cc1. The molecular weight excluding hydrogens is 314 g/mol. The lowest BCUT2D eigenvalue weighted by molar-refractivity contribution is 0.174. The van der Waals surface area contributed by atoms with Crippen LogP contribution in [-0.4, -0.2) is 15.2 Å². The number of benzene rings is 2. The van der Waals surface area contributed by atoms with Gasteiger partial charge in [0.1, 0.15) is 0 Å². The van der Waals surface area contributed by atoms with Gasteiger partial charge in [-0.1, -0.05) is 35.9 Å². The van der Waals surface area contributed by atoms with Crippen molar-refractivity contribution in [1.82, 2.24) is 4.72 Å². The highest BCUT2D eigenvalue weighted by Gasteiger charge is 2.12. The summed E-state index contributed by atoms with van der Waals surface area (Å²) < 4.78 is 37.1. The maximum absolute atomic E-state index is 12.0. The van der Waals surface area contributed by atoms with Crippen molar-refractivity contribution in [1.29, 1.82) is 0 Å². The van der Waals surface area contributed by atoms with Crippen molar-refractivity contribution in [3.63, 3.8) is 0 Å². The van der Waals surface area contributed by atoms with Crippen LogP contribution in [0.4, 0.5) is 0 Å². The second-order valence-corrected chi connectivity index (χ2v) is 6.92. The summed E-state index contributed by atoms with van der Waals surface area (Å²) in [6.07, 6.45) is 1.53. The average molecular weight is 331 g/mol. The van der Waals surface area contributed by atoms with E-state index in [1.54, 1.807) is 18.2 Å². The molecular formula is C17H17NO4S. The molecule has 2 aromatic carbocycles. The number of fused-ring (bicyclic) bond motifs is 1. The predicted octanol–water partition coefficient (Wildman–Crippen LogP) is 2.81. The van der Waals surface area contributed by atoms with E-state index in [1.165, 1.54) is 6.08 Å². The highest BCUT2D eigenvalue weighted by atomic mass is 32.2. The van der Waals surface area contributed by atoms with Crippen LogP contribution in [-0.2, 0) is 16.6 Å². The van der Waals surface area contributed by atoms with E-state index in [4.69, 9.17) is 9.47 Å². The van der Waals surface area contributed by atoms with Gasteiger partial charge < -0.3 is 9.47 Å². The van der Waals surface area contributed by atoms with Gasteiger partial charge in [0.2, 0.25) is 16.8 Å². The molecule has 0 saturated heterocycles. The molecule has 120 valence electrons. The van der Waals surface area contributed by atoms with Crippen LogP contribution >= 0.6 is 0 Å². The number of hydrogen-bond acceptors (Lipinski definition) is 4. The second-order valence-electron chi connectivity index (χ2n) is 5.27. The molecule has 0 fully saturated rings. The van der Waals surface area contributed by atoms with E-state index in [9.17, 15) is 8.42 Å². The summed E-state index contributed by atoms with van der Waals surface area (Å²) in [6.45, 7) is 2.44. The Morgan fingerprint density at radius 1 is 1.09 bits per heavy atom. The van der Waals surface area contributed by atoms with Gasteiger partial charge in [-0.2, -0.15) is 0 Å². The van der Waals surface area contributed by atoms with Crippen LogP contribution in [0.5, 0.6) is 11.5 Å². The summed E-state index contributed by atoms with van der Waals surface area (Å²) in [6, 6.07) is 13.0. The number of aryl methyl sites for hydroxylation is 1. The van der Waals surface area contributed by atoms with Crippen LogP contribution in [0.2, 0.25) is 0 Å². The minimum absolute atomic E-state index is 0.193. The zero-order valence-electron chi connectivity index (χ0n) is 12.7. The first kappa shape index (κ1) is 15.6. The second kappa shape index (κ2) is 6.44. The number of sulfonamides is 1. The monoisotopic (exact) mass is 331 g/mol. The molecule has 0 aromatic heterocycles. The van der Waals surface area contributed by atoms with Crippen LogP contribution in [0, 0.1) is 6.92 Å². The van der Waals surface area contributed by atoms with E-state index in [0.29, 0.717) is 11.5 Å². The summed E-state index contributed by atoms with van der Waals surface area (Å²) in [7, 11) is -3.50. The van der Waals surface area contributed by atoms with Crippen molar-refractivity contribution in [2.24, 2.45) is 0 Å². The van der Waals surface area contributed by atoms with Crippen LogP contribution in [0.15, 0.2) is 47.9 Å². The number of hydrogen-bond donors (Lipinski definition) is 1. The minimum atomic E-state index is -3.50. The van der Waals surface area contributed by atoms with E-state index >= 15 is 0 Å². The summed E-state index contributed by atoms with van der Waals surface area (Å²) >= 11 is 0. The van der Waals surface area contributed by atoms with Crippen molar-refractivity contribution < 1.29 is 17.9 Å². The molecule has 0 bridgehead atoms. The van der Waals surface area contributed by atoms with Gasteiger partial charge in [0.05, 0.1) is 0 Å². The fourth-order valence-electron chi connectivity index (χ4n) is 2.12. The molecule has 0 spiro atoms. The molecule has 1 aliphatic rings. The molecule has 0 unspecified atom stereocenters. The molecule has 0 radical (unpaired) electrons. The van der Waals surface area contributed by atoms with E-state index in [2.05, 4.69) is 4.72 Å². The maximum Gasteiger partial charge on any atom is 0.234 e. The van der Waals surface area contributed by atoms with Gasteiger partial charge in [0, 0.05) is 12.0 Å². The zero-order valence-corrected chi connectivity index (χ0v) is 13.5. The van der Waals surface area contributed by atoms with E-state index in [1.807, 2.05) is 31.2 Å². The third-order valence-corrected chi connectivity index (χ3v) is 4.48. The van der Waals surface area contributed by atoms with Gasteiger partial charge >= 0.3 is 0 Å². The predicted molar refractivity (Wildman–Crippen MR) is 88.5 cm³/mol. The van der Waals surface area contributed by atoms with Gasteiger partial charge in [-0.3, -0.25) is 0 Å². The third-order valence-electron chi connectivity index (χ3n) is 3.43. The first-order valence-electron chi connectivity index (χ1n) is 7.15. The fourth-order valence-corrected chi connectivity index (χ4v) is 2.92. The molecule has 6 heteroatoms.